The van der Waals surface area contributed by atoms with Gasteiger partial charge >= 0.3 is 0 Å². The number of nitrogens with zero attached hydrogens (tertiary/aromatic N) is 1. The fraction of sp³-hybridized carbons (Fsp3) is 0.100. The number of thioether (sulfide) groups is 1. The molecule has 6 heteroatoms. The molecule has 0 bridgehead atoms. The average molecular weight is 385 g/mol. The molecule has 0 atom stereocenters. The van der Waals surface area contributed by atoms with Gasteiger partial charge < -0.3 is 9.88 Å². The number of halogens is 1. The van der Waals surface area contributed by atoms with Crippen LogP contribution in [0.25, 0.3) is 0 Å². The number of carbonyl (C=O) groups excluding carboxylic acids is 1. The van der Waals surface area contributed by atoms with Crippen molar-refractivity contribution in [2.45, 2.75) is 11.4 Å². The molecule has 3 rings (SSSR count). The monoisotopic (exact) mass is 384 g/mol. The van der Waals surface area contributed by atoms with E-state index in [1.165, 1.54) is 16.7 Å². The summed E-state index contributed by atoms with van der Waals surface area (Å²) in [7, 11) is 0. The van der Waals surface area contributed by atoms with Gasteiger partial charge in [-0.3, -0.25) is 9.59 Å². The molecule has 0 saturated heterocycles. The fourth-order valence-electron chi connectivity index (χ4n) is 2.56. The van der Waals surface area contributed by atoms with E-state index in [9.17, 15) is 9.59 Å². The summed E-state index contributed by atoms with van der Waals surface area (Å²) in [5, 5.41) is 3.51. The highest BCUT2D eigenvalue weighted by Gasteiger charge is 2.10. The summed E-state index contributed by atoms with van der Waals surface area (Å²) < 4.78 is 1.50. The molecule has 4 nitrogen and oxygen atoms in total. The summed E-state index contributed by atoms with van der Waals surface area (Å²) in [5.74, 6) is -0.258. The second-order valence-electron chi connectivity index (χ2n) is 5.67. The summed E-state index contributed by atoms with van der Waals surface area (Å²) in [6, 6.07) is 17.8. The van der Waals surface area contributed by atoms with Crippen molar-refractivity contribution in [3.63, 3.8) is 0 Å². The number of hydrogen-bond acceptors (Lipinski definition) is 3. The molecule has 0 unspecified atom stereocenters. The highest BCUT2D eigenvalue weighted by molar-refractivity contribution is 7.98. The predicted molar refractivity (Wildman–Crippen MR) is 107 cm³/mol. The molecule has 0 fully saturated rings. The minimum atomic E-state index is -0.258. The number of para-hydroxylation sites is 1. The van der Waals surface area contributed by atoms with Crippen LogP contribution in [-0.2, 0) is 6.54 Å². The minimum Gasteiger partial charge on any atom is -0.321 e. The average Bonchev–Trinajstić information content (AvgIpc) is 2.64. The first-order valence-corrected chi connectivity index (χ1v) is 9.56. The standard InChI is InChI=1S/C20H17ClN2O2S/c1-26-18-8-3-2-7-17(18)22-20(25)15-9-10-19(24)23(13-15)12-14-5-4-6-16(21)11-14/h2-11,13H,12H2,1H3,(H,22,25). The molecule has 0 aliphatic rings. The molecule has 1 N–H and O–H groups in total. The van der Waals surface area contributed by atoms with Crippen LogP contribution in [0.15, 0.2) is 76.6 Å². The third-order valence-corrected chi connectivity index (χ3v) is 4.87. The fourth-order valence-corrected chi connectivity index (χ4v) is 3.33. The first-order valence-electron chi connectivity index (χ1n) is 7.96. The highest BCUT2D eigenvalue weighted by atomic mass is 35.5. The topological polar surface area (TPSA) is 51.1 Å². The molecule has 1 aromatic heterocycles. The predicted octanol–water partition coefficient (Wildman–Crippen LogP) is 4.52. The van der Waals surface area contributed by atoms with Gasteiger partial charge in [0.25, 0.3) is 11.5 Å². The summed E-state index contributed by atoms with van der Waals surface area (Å²) in [6.07, 6.45) is 3.52. The maximum atomic E-state index is 12.6. The van der Waals surface area contributed by atoms with Crippen molar-refractivity contribution in [3.05, 3.63) is 93.4 Å². The zero-order valence-electron chi connectivity index (χ0n) is 14.1. The Balaban J connectivity index is 1.84. The Kier molecular flexibility index (Phi) is 5.81. The number of benzene rings is 2. The summed E-state index contributed by atoms with van der Waals surface area (Å²) >= 11 is 7.56. The zero-order chi connectivity index (χ0) is 18.5. The van der Waals surface area contributed by atoms with Crippen LogP contribution in [-0.4, -0.2) is 16.7 Å². The summed E-state index contributed by atoms with van der Waals surface area (Å²) in [5.41, 5.74) is 1.89. The third kappa shape index (κ3) is 4.36. The first kappa shape index (κ1) is 18.3. The number of amides is 1. The van der Waals surface area contributed by atoms with Crippen molar-refractivity contribution in [2.75, 3.05) is 11.6 Å². The molecule has 0 spiro atoms. The van der Waals surface area contributed by atoms with E-state index < -0.39 is 0 Å². The number of rotatable bonds is 5. The lowest BCUT2D eigenvalue weighted by atomic mass is 10.2. The summed E-state index contributed by atoms with van der Waals surface area (Å²) in [6.45, 7) is 0.349. The van der Waals surface area contributed by atoms with E-state index in [1.54, 1.807) is 30.1 Å². The van der Waals surface area contributed by atoms with E-state index in [2.05, 4.69) is 5.32 Å². The molecule has 1 amide bonds. The Morgan fingerprint density at radius 3 is 2.69 bits per heavy atom. The number of aromatic nitrogens is 1. The number of carbonyl (C=O) groups is 1. The molecular weight excluding hydrogens is 368 g/mol. The molecule has 1 heterocycles. The quantitative estimate of drug-likeness (QED) is 0.658. The van der Waals surface area contributed by atoms with E-state index >= 15 is 0 Å². The van der Waals surface area contributed by atoms with Gasteiger partial charge in [-0.1, -0.05) is 35.9 Å². The van der Waals surface area contributed by atoms with Crippen molar-refractivity contribution in [3.8, 4) is 0 Å². The first-order chi connectivity index (χ1) is 12.6. The van der Waals surface area contributed by atoms with Crippen LogP contribution in [0.1, 0.15) is 15.9 Å². The van der Waals surface area contributed by atoms with E-state index in [1.807, 2.05) is 42.7 Å². The van der Waals surface area contributed by atoms with Crippen LogP contribution in [0.5, 0.6) is 0 Å². The molecule has 2 aromatic carbocycles. The van der Waals surface area contributed by atoms with Gasteiger partial charge in [0.1, 0.15) is 0 Å². The molecule has 3 aromatic rings. The molecule has 0 aliphatic heterocycles. The largest absolute Gasteiger partial charge is 0.321 e. The number of pyridine rings is 1. The Morgan fingerprint density at radius 2 is 1.92 bits per heavy atom. The lowest BCUT2D eigenvalue weighted by Crippen LogP contribution is -2.22. The van der Waals surface area contributed by atoms with Crippen LogP contribution in [0.4, 0.5) is 5.69 Å². The number of anilines is 1. The second-order valence-corrected chi connectivity index (χ2v) is 6.95. The van der Waals surface area contributed by atoms with Gasteiger partial charge in [-0.05, 0) is 42.2 Å². The van der Waals surface area contributed by atoms with Crippen molar-refractivity contribution >= 4 is 35.0 Å². The third-order valence-electron chi connectivity index (χ3n) is 3.84. The Morgan fingerprint density at radius 1 is 1.12 bits per heavy atom. The minimum absolute atomic E-state index is 0.175. The van der Waals surface area contributed by atoms with E-state index in [0.717, 1.165) is 16.1 Å². The lowest BCUT2D eigenvalue weighted by molar-refractivity contribution is 0.102. The van der Waals surface area contributed by atoms with Crippen molar-refractivity contribution in [1.29, 1.82) is 0 Å². The zero-order valence-corrected chi connectivity index (χ0v) is 15.7. The molecular formula is C20H17ClN2O2S. The van der Waals surface area contributed by atoms with Gasteiger partial charge in [0.2, 0.25) is 0 Å². The van der Waals surface area contributed by atoms with Crippen LogP contribution < -0.4 is 10.9 Å². The van der Waals surface area contributed by atoms with E-state index in [4.69, 9.17) is 11.6 Å². The van der Waals surface area contributed by atoms with Gasteiger partial charge in [0.15, 0.2) is 0 Å². The number of hydrogen-bond donors (Lipinski definition) is 1. The van der Waals surface area contributed by atoms with Gasteiger partial charge in [-0.2, -0.15) is 0 Å². The SMILES string of the molecule is CSc1ccccc1NC(=O)c1ccc(=O)n(Cc2cccc(Cl)c2)c1. The van der Waals surface area contributed by atoms with Crippen molar-refractivity contribution < 1.29 is 4.79 Å². The lowest BCUT2D eigenvalue weighted by Gasteiger charge is -2.11. The van der Waals surface area contributed by atoms with Gasteiger partial charge in [0.05, 0.1) is 17.8 Å². The highest BCUT2D eigenvalue weighted by Crippen LogP contribution is 2.25. The Hall–Kier alpha value is -2.50. The molecule has 26 heavy (non-hydrogen) atoms. The summed E-state index contributed by atoms with van der Waals surface area (Å²) in [4.78, 5) is 25.7. The maximum Gasteiger partial charge on any atom is 0.257 e. The van der Waals surface area contributed by atoms with Crippen LogP contribution in [0, 0.1) is 0 Å². The van der Waals surface area contributed by atoms with E-state index in [-0.39, 0.29) is 11.5 Å². The van der Waals surface area contributed by atoms with E-state index in [0.29, 0.717) is 17.1 Å². The van der Waals surface area contributed by atoms with Crippen LogP contribution in [0.3, 0.4) is 0 Å². The van der Waals surface area contributed by atoms with Crippen LogP contribution in [0.2, 0.25) is 5.02 Å². The second kappa shape index (κ2) is 8.25. The van der Waals surface area contributed by atoms with Crippen LogP contribution >= 0.6 is 23.4 Å². The molecule has 132 valence electrons. The van der Waals surface area contributed by atoms with Gasteiger partial charge in [-0.25, -0.2) is 0 Å². The van der Waals surface area contributed by atoms with Gasteiger partial charge in [0, 0.05) is 22.2 Å². The number of nitrogens with one attached hydrogen (secondary N) is 1. The van der Waals surface area contributed by atoms with Gasteiger partial charge in [-0.15, -0.1) is 11.8 Å². The molecule has 0 saturated carbocycles. The Bertz CT molecular complexity index is 1000. The molecule has 0 radical (unpaired) electrons. The Labute approximate surface area is 160 Å². The maximum absolute atomic E-state index is 12.6. The molecule has 0 aliphatic carbocycles. The smallest absolute Gasteiger partial charge is 0.257 e. The van der Waals surface area contributed by atoms with Crippen molar-refractivity contribution in [1.82, 2.24) is 4.57 Å². The van der Waals surface area contributed by atoms with Crippen molar-refractivity contribution in [2.24, 2.45) is 0 Å². The normalized spacial score (nSPS) is 10.5.